The lowest BCUT2D eigenvalue weighted by Crippen LogP contribution is -2.31. The summed E-state index contributed by atoms with van der Waals surface area (Å²) in [4.78, 5) is 12.6. The molecule has 3 rings (SSSR count). The van der Waals surface area contributed by atoms with Gasteiger partial charge in [0.1, 0.15) is 0 Å². The molecule has 1 heterocycles. The molecule has 122 valence electrons. The molecule has 7 heteroatoms. The van der Waals surface area contributed by atoms with Crippen molar-refractivity contribution in [1.82, 2.24) is 5.32 Å². The summed E-state index contributed by atoms with van der Waals surface area (Å²) < 4.78 is 23.1. The van der Waals surface area contributed by atoms with E-state index in [2.05, 4.69) is 10.6 Å². The predicted octanol–water partition coefficient (Wildman–Crippen LogP) is 1.84. The van der Waals surface area contributed by atoms with Gasteiger partial charge in [0.25, 0.3) is 0 Å². The number of sulfone groups is 1. The second kappa shape index (κ2) is 6.18. The van der Waals surface area contributed by atoms with Gasteiger partial charge in [-0.05, 0) is 56.0 Å². The Balaban J connectivity index is 0.00000176. The monoisotopic (exact) mass is 344 g/mol. The second-order valence-electron chi connectivity index (χ2n) is 6.16. The Bertz CT molecular complexity index is 669. The van der Waals surface area contributed by atoms with Crippen LogP contribution in [0.15, 0.2) is 29.2 Å². The van der Waals surface area contributed by atoms with Gasteiger partial charge in [0.2, 0.25) is 5.91 Å². The van der Waals surface area contributed by atoms with Crippen LogP contribution in [0, 0.1) is 11.3 Å². The molecule has 1 saturated carbocycles. The van der Waals surface area contributed by atoms with Crippen molar-refractivity contribution >= 4 is 33.8 Å². The Labute approximate surface area is 137 Å². The van der Waals surface area contributed by atoms with E-state index in [9.17, 15) is 13.2 Å². The van der Waals surface area contributed by atoms with Gasteiger partial charge >= 0.3 is 0 Å². The standard InChI is InChI=1S/C15H20N2O3S.ClH/c1-21(19,20)12-4-2-3-11(9-12)17-14(18)13-10-15(13)5-7-16-8-6-15;/h2-4,9,13,16H,5-8,10H2,1H3,(H,17,18);1H. The average Bonchev–Trinajstić information content (AvgIpc) is 3.12. The molecule has 1 atom stereocenters. The summed E-state index contributed by atoms with van der Waals surface area (Å²) in [6, 6.07) is 6.43. The van der Waals surface area contributed by atoms with Crippen LogP contribution in [0.1, 0.15) is 19.3 Å². The quantitative estimate of drug-likeness (QED) is 0.877. The molecule has 1 aromatic carbocycles. The predicted molar refractivity (Wildman–Crippen MR) is 88.1 cm³/mol. The molecular weight excluding hydrogens is 324 g/mol. The maximum Gasteiger partial charge on any atom is 0.228 e. The fraction of sp³-hybridized carbons (Fsp3) is 0.533. The van der Waals surface area contributed by atoms with E-state index >= 15 is 0 Å². The van der Waals surface area contributed by atoms with Crippen LogP contribution in [0.2, 0.25) is 0 Å². The molecule has 1 amide bonds. The first-order chi connectivity index (χ1) is 9.91. The summed E-state index contributed by atoms with van der Waals surface area (Å²) in [7, 11) is -3.25. The third-order valence-electron chi connectivity index (χ3n) is 4.64. The van der Waals surface area contributed by atoms with Crippen LogP contribution in [-0.2, 0) is 14.6 Å². The Morgan fingerprint density at radius 1 is 1.32 bits per heavy atom. The van der Waals surface area contributed by atoms with E-state index in [0.29, 0.717) is 5.69 Å². The smallest absolute Gasteiger partial charge is 0.228 e. The zero-order valence-electron chi connectivity index (χ0n) is 12.5. The van der Waals surface area contributed by atoms with Gasteiger partial charge in [0.05, 0.1) is 4.90 Å². The summed E-state index contributed by atoms with van der Waals surface area (Å²) in [5.74, 6) is 0.0871. The number of halogens is 1. The first-order valence-corrected chi connectivity index (χ1v) is 9.12. The molecule has 1 spiro atoms. The van der Waals surface area contributed by atoms with Gasteiger partial charge in [0.15, 0.2) is 9.84 Å². The summed E-state index contributed by atoms with van der Waals surface area (Å²) in [5, 5.41) is 6.18. The van der Waals surface area contributed by atoms with Crippen LogP contribution in [0.4, 0.5) is 5.69 Å². The molecule has 5 nitrogen and oxygen atoms in total. The number of benzene rings is 1. The third kappa shape index (κ3) is 3.45. The second-order valence-corrected chi connectivity index (χ2v) is 8.17. The molecular formula is C15H21ClN2O3S. The van der Waals surface area contributed by atoms with Crippen LogP contribution in [0.5, 0.6) is 0 Å². The van der Waals surface area contributed by atoms with Gasteiger partial charge in [-0.15, -0.1) is 12.4 Å². The number of rotatable bonds is 3. The Morgan fingerprint density at radius 3 is 2.64 bits per heavy atom. The van der Waals surface area contributed by atoms with Gasteiger partial charge < -0.3 is 10.6 Å². The zero-order valence-corrected chi connectivity index (χ0v) is 14.1. The number of nitrogens with one attached hydrogen (secondary N) is 2. The first-order valence-electron chi connectivity index (χ1n) is 7.22. The van der Waals surface area contributed by atoms with Crippen molar-refractivity contribution in [1.29, 1.82) is 0 Å². The van der Waals surface area contributed by atoms with Gasteiger partial charge in [-0.2, -0.15) is 0 Å². The van der Waals surface area contributed by atoms with E-state index in [1.165, 1.54) is 18.4 Å². The number of hydrogen-bond acceptors (Lipinski definition) is 4. The lowest BCUT2D eigenvalue weighted by atomic mass is 9.92. The van der Waals surface area contributed by atoms with Crippen LogP contribution < -0.4 is 10.6 Å². The molecule has 1 aliphatic heterocycles. The van der Waals surface area contributed by atoms with E-state index in [1.807, 2.05) is 0 Å². The topological polar surface area (TPSA) is 75.3 Å². The largest absolute Gasteiger partial charge is 0.326 e. The number of hydrogen-bond donors (Lipinski definition) is 2. The van der Waals surface area contributed by atoms with Crippen LogP contribution >= 0.6 is 12.4 Å². The number of carbonyl (C=O) groups excluding carboxylic acids is 1. The number of carbonyl (C=O) groups is 1. The summed E-state index contributed by atoms with van der Waals surface area (Å²) in [6.45, 7) is 1.96. The van der Waals surface area contributed by atoms with Crippen LogP contribution in [0.25, 0.3) is 0 Å². The molecule has 1 saturated heterocycles. The van der Waals surface area contributed by atoms with Crippen molar-refractivity contribution < 1.29 is 13.2 Å². The van der Waals surface area contributed by atoms with Crippen molar-refractivity contribution in [2.45, 2.75) is 24.2 Å². The highest BCUT2D eigenvalue weighted by Gasteiger charge is 2.57. The highest BCUT2D eigenvalue weighted by molar-refractivity contribution is 7.90. The van der Waals surface area contributed by atoms with E-state index in [4.69, 9.17) is 0 Å². The summed E-state index contributed by atoms with van der Waals surface area (Å²) in [5.41, 5.74) is 0.739. The maximum absolute atomic E-state index is 12.3. The van der Waals surface area contributed by atoms with Crippen molar-refractivity contribution in [2.75, 3.05) is 24.7 Å². The minimum atomic E-state index is -3.25. The number of anilines is 1. The Kier molecular flexibility index (Phi) is 4.84. The summed E-state index contributed by atoms with van der Waals surface area (Å²) >= 11 is 0. The van der Waals surface area contributed by atoms with Gasteiger partial charge in [0, 0.05) is 17.9 Å². The fourth-order valence-corrected chi connectivity index (χ4v) is 3.90. The van der Waals surface area contributed by atoms with Crippen LogP contribution in [-0.4, -0.2) is 33.7 Å². The molecule has 0 aromatic heterocycles. The van der Waals surface area contributed by atoms with Gasteiger partial charge in [-0.3, -0.25) is 4.79 Å². The molecule has 2 N–H and O–H groups in total. The average molecular weight is 345 g/mol. The molecule has 0 bridgehead atoms. The highest BCUT2D eigenvalue weighted by atomic mass is 35.5. The lowest BCUT2D eigenvalue weighted by molar-refractivity contribution is -0.118. The molecule has 0 radical (unpaired) electrons. The normalized spacial score (nSPS) is 22.7. The molecule has 2 aliphatic rings. The van der Waals surface area contributed by atoms with E-state index < -0.39 is 9.84 Å². The van der Waals surface area contributed by atoms with E-state index in [0.717, 1.165) is 32.4 Å². The number of amides is 1. The van der Waals surface area contributed by atoms with Crippen molar-refractivity contribution in [2.24, 2.45) is 11.3 Å². The Hall–Kier alpha value is -1.11. The van der Waals surface area contributed by atoms with Crippen molar-refractivity contribution in [3.63, 3.8) is 0 Å². The van der Waals surface area contributed by atoms with Crippen LogP contribution in [0.3, 0.4) is 0 Å². The zero-order chi connectivity index (χ0) is 15.1. The van der Waals surface area contributed by atoms with Crippen molar-refractivity contribution in [3.8, 4) is 0 Å². The third-order valence-corrected chi connectivity index (χ3v) is 5.75. The fourth-order valence-electron chi connectivity index (χ4n) is 3.23. The maximum atomic E-state index is 12.3. The molecule has 2 fully saturated rings. The summed E-state index contributed by atoms with van der Waals surface area (Å²) in [6.07, 6.45) is 4.22. The molecule has 22 heavy (non-hydrogen) atoms. The van der Waals surface area contributed by atoms with Crippen molar-refractivity contribution in [3.05, 3.63) is 24.3 Å². The Morgan fingerprint density at radius 2 is 2.00 bits per heavy atom. The number of piperidine rings is 1. The SMILES string of the molecule is CS(=O)(=O)c1cccc(NC(=O)C2CC23CCNCC3)c1.Cl. The molecule has 1 aliphatic carbocycles. The van der Waals surface area contributed by atoms with E-state index in [1.54, 1.807) is 12.1 Å². The molecule has 1 aromatic rings. The van der Waals surface area contributed by atoms with E-state index in [-0.39, 0.29) is 34.5 Å². The lowest BCUT2D eigenvalue weighted by Gasteiger charge is -2.23. The minimum absolute atomic E-state index is 0. The van der Waals surface area contributed by atoms with Gasteiger partial charge in [-0.1, -0.05) is 6.07 Å². The highest BCUT2D eigenvalue weighted by Crippen LogP contribution is 2.58. The minimum Gasteiger partial charge on any atom is -0.326 e. The molecule has 1 unspecified atom stereocenters. The first kappa shape index (κ1) is 17.2. The van der Waals surface area contributed by atoms with Gasteiger partial charge in [-0.25, -0.2) is 8.42 Å².